The first-order valence-electron chi connectivity index (χ1n) is 4.63. The minimum absolute atomic E-state index is 0.478. The molecule has 0 fully saturated rings. The molecule has 1 aromatic heterocycles. The third kappa shape index (κ3) is 2.74. The molecule has 3 N–H and O–H groups in total. The zero-order valence-corrected chi connectivity index (χ0v) is 8.31. The van der Waals surface area contributed by atoms with Gasteiger partial charge in [-0.1, -0.05) is 18.2 Å². The molecule has 0 unspecified atom stereocenters. The zero-order chi connectivity index (χ0) is 11.2. The number of carbonyl (C=O) groups is 1. The predicted molar refractivity (Wildman–Crippen MR) is 57.8 cm³/mol. The Bertz CT molecular complexity index is 441. The van der Waals surface area contributed by atoms with Crippen molar-refractivity contribution in [2.24, 2.45) is 0 Å². The molecule has 0 spiro atoms. The van der Waals surface area contributed by atoms with E-state index < -0.39 is 6.09 Å². The van der Waals surface area contributed by atoms with Crippen LogP contribution in [0.15, 0.2) is 42.6 Å². The Labute approximate surface area is 91.6 Å². The summed E-state index contributed by atoms with van der Waals surface area (Å²) in [6.45, 7) is 0. The van der Waals surface area contributed by atoms with Crippen molar-refractivity contribution in [1.82, 2.24) is 15.6 Å². The molecule has 0 aliphatic heterocycles. The van der Waals surface area contributed by atoms with Gasteiger partial charge in [0.2, 0.25) is 0 Å². The Hall–Kier alpha value is -2.50. The lowest BCUT2D eigenvalue weighted by molar-refractivity contribution is 0.203. The van der Waals surface area contributed by atoms with Crippen molar-refractivity contribution >= 4 is 11.9 Å². The lowest BCUT2D eigenvalue weighted by Crippen LogP contribution is -2.32. The van der Waals surface area contributed by atoms with Crippen molar-refractivity contribution in [1.29, 1.82) is 0 Å². The SMILES string of the molecule is O=C(NNc1ccn[nH]1)Oc1ccccc1. The Morgan fingerprint density at radius 1 is 1.25 bits per heavy atom. The number of aromatic nitrogens is 2. The highest BCUT2D eigenvalue weighted by molar-refractivity contribution is 5.71. The monoisotopic (exact) mass is 218 g/mol. The van der Waals surface area contributed by atoms with Gasteiger partial charge in [0.25, 0.3) is 0 Å². The molecule has 0 aliphatic carbocycles. The largest absolute Gasteiger partial charge is 0.431 e. The van der Waals surface area contributed by atoms with Gasteiger partial charge in [-0.3, -0.25) is 10.5 Å². The molecule has 82 valence electrons. The molecule has 2 rings (SSSR count). The van der Waals surface area contributed by atoms with E-state index >= 15 is 0 Å². The Kier molecular flexibility index (Phi) is 3.03. The minimum Gasteiger partial charge on any atom is -0.409 e. The van der Waals surface area contributed by atoms with Gasteiger partial charge in [0.05, 0.1) is 6.20 Å². The number of hydrogen-bond donors (Lipinski definition) is 3. The second-order valence-electron chi connectivity index (χ2n) is 2.92. The number of para-hydroxylation sites is 1. The maximum Gasteiger partial charge on any atom is 0.431 e. The lowest BCUT2D eigenvalue weighted by atomic mass is 10.3. The molecule has 6 heteroatoms. The number of benzene rings is 1. The molecule has 6 nitrogen and oxygen atoms in total. The van der Waals surface area contributed by atoms with Crippen LogP contribution in [0, 0.1) is 0 Å². The molecule has 0 saturated carbocycles. The van der Waals surface area contributed by atoms with Gasteiger partial charge in [0, 0.05) is 6.07 Å². The van der Waals surface area contributed by atoms with Crippen LogP contribution in [0.2, 0.25) is 0 Å². The highest BCUT2D eigenvalue weighted by Gasteiger charge is 2.02. The van der Waals surface area contributed by atoms with Crippen LogP contribution >= 0.6 is 0 Å². The maximum atomic E-state index is 11.3. The van der Waals surface area contributed by atoms with Crippen molar-refractivity contribution in [3.05, 3.63) is 42.6 Å². The van der Waals surface area contributed by atoms with Crippen molar-refractivity contribution < 1.29 is 9.53 Å². The van der Waals surface area contributed by atoms with Crippen LogP contribution < -0.4 is 15.6 Å². The summed E-state index contributed by atoms with van der Waals surface area (Å²) < 4.78 is 4.97. The van der Waals surface area contributed by atoms with Gasteiger partial charge in [-0.05, 0) is 12.1 Å². The average Bonchev–Trinajstić information content (AvgIpc) is 2.81. The van der Waals surface area contributed by atoms with E-state index in [1.54, 1.807) is 36.5 Å². The second-order valence-corrected chi connectivity index (χ2v) is 2.92. The van der Waals surface area contributed by atoms with Gasteiger partial charge in [0.1, 0.15) is 11.6 Å². The number of hydrazine groups is 1. The molecule has 2 aromatic rings. The predicted octanol–water partition coefficient (Wildman–Crippen LogP) is 1.53. The smallest absolute Gasteiger partial charge is 0.409 e. The van der Waals surface area contributed by atoms with Crippen molar-refractivity contribution in [3.8, 4) is 5.75 Å². The fourth-order valence-electron chi connectivity index (χ4n) is 1.06. The van der Waals surface area contributed by atoms with Gasteiger partial charge in [-0.15, -0.1) is 0 Å². The second kappa shape index (κ2) is 4.83. The number of hydrogen-bond acceptors (Lipinski definition) is 4. The maximum absolute atomic E-state index is 11.3. The fraction of sp³-hybridized carbons (Fsp3) is 0. The quantitative estimate of drug-likeness (QED) is 0.682. The minimum atomic E-state index is -0.596. The summed E-state index contributed by atoms with van der Waals surface area (Å²) in [5.41, 5.74) is 4.95. The molecule has 16 heavy (non-hydrogen) atoms. The molecule has 0 atom stereocenters. The summed E-state index contributed by atoms with van der Waals surface area (Å²) in [6.07, 6.45) is 0.966. The summed E-state index contributed by atoms with van der Waals surface area (Å²) in [4.78, 5) is 11.3. The number of H-pyrrole nitrogens is 1. The normalized spacial score (nSPS) is 9.50. The number of aromatic amines is 1. The third-order valence-corrected chi connectivity index (χ3v) is 1.75. The fourth-order valence-corrected chi connectivity index (χ4v) is 1.06. The van der Waals surface area contributed by atoms with E-state index in [4.69, 9.17) is 4.74 Å². The Morgan fingerprint density at radius 2 is 2.06 bits per heavy atom. The van der Waals surface area contributed by atoms with Crippen LogP contribution in [0.5, 0.6) is 5.75 Å². The van der Waals surface area contributed by atoms with E-state index in [0.717, 1.165) is 0 Å². The van der Waals surface area contributed by atoms with Crippen LogP contribution in [0.1, 0.15) is 0 Å². The molecule has 1 aromatic carbocycles. The molecule has 0 saturated heterocycles. The summed E-state index contributed by atoms with van der Waals surface area (Å²) in [5, 5.41) is 6.33. The summed E-state index contributed by atoms with van der Waals surface area (Å²) in [7, 11) is 0. The number of rotatable bonds is 3. The first-order chi connectivity index (χ1) is 7.84. The standard InChI is InChI=1S/C10H10N4O2/c15-10(14-13-9-6-7-11-12-9)16-8-4-2-1-3-5-8/h1-7H,(H,14,15)(H2,11,12,13). The molecule has 0 bridgehead atoms. The molecule has 1 heterocycles. The number of amides is 1. The molecule has 0 radical (unpaired) electrons. The zero-order valence-electron chi connectivity index (χ0n) is 8.31. The third-order valence-electron chi connectivity index (χ3n) is 1.75. The van der Waals surface area contributed by atoms with Crippen LogP contribution in [0.25, 0.3) is 0 Å². The summed E-state index contributed by atoms with van der Waals surface area (Å²) >= 11 is 0. The van der Waals surface area contributed by atoms with Gasteiger partial charge in [0.15, 0.2) is 0 Å². The molecule has 1 amide bonds. The summed E-state index contributed by atoms with van der Waals surface area (Å²) in [5.74, 6) is 1.05. The van der Waals surface area contributed by atoms with E-state index in [2.05, 4.69) is 21.0 Å². The number of carbonyl (C=O) groups excluding carboxylic acids is 1. The van der Waals surface area contributed by atoms with E-state index in [1.807, 2.05) is 6.07 Å². The topological polar surface area (TPSA) is 79.0 Å². The van der Waals surface area contributed by atoms with Crippen molar-refractivity contribution in [2.45, 2.75) is 0 Å². The molecular formula is C10H10N4O2. The first-order valence-corrected chi connectivity index (χ1v) is 4.63. The van der Waals surface area contributed by atoms with E-state index in [0.29, 0.717) is 11.6 Å². The van der Waals surface area contributed by atoms with Gasteiger partial charge >= 0.3 is 6.09 Å². The van der Waals surface area contributed by atoms with Crippen molar-refractivity contribution in [2.75, 3.05) is 5.43 Å². The van der Waals surface area contributed by atoms with Crippen LogP contribution in [0.3, 0.4) is 0 Å². The van der Waals surface area contributed by atoms with Gasteiger partial charge in [-0.2, -0.15) is 5.10 Å². The van der Waals surface area contributed by atoms with E-state index in [9.17, 15) is 4.79 Å². The number of nitrogens with one attached hydrogen (secondary N) is 3. The van der Waals surface area contributed by atoms with E-state index in [-0.39, 0.29) is 0 Å². The number of ether oxygens (including phenoxy) is 1. The highest BCUT2D eigenvalue weighted by Crippen LogP contribution is 2.08. The Morgan fingerprint density at radius 3 is 2.75 bits per heavy atom. The molecular weight excluding hydrogens is 208 g/mol. The average molecular weight is 218 g/mol. The Balaban J connectivity index is 1.81. The summed E-state index contributed by atoms with van der Waals surface area (Å²) in [6, 6.07) is 10.5. The number of anilines is 1. The molecule has 0 aliphatic rings. The van der Waals surface area contributed by atoms with Gasteiger partial charge < -0.3 is 4.74 Å². The van der Waals surface area contributed by atoms with Crippen molar-refractivity contribution in [3.63, 3.8) is 0 Å². The van der Waals surface area contributed by atoms with Gasteiger partial charge in [-0.25, -0.2) is 10.2 Å². The highest BCUT2D eigenvalue weighted by atomic mass is 16.6. The number of nitrogens with zero attached hydrogens (tertiary/aromatic N) is 1. The van der Waals surface area contributed by atoms with Crippen LogP contribution in [0.4, 0.5) is 10.6 Å². The van der Waals surface area contributed by atoms with Crippen LogP contribution in [-0.4, -0.2) is 16.3 Å². The van der Waals surface area contributed by atoms with Crippen LogP contribution in [-0.2, 0) is 0 Å². The van der Waals surface area contributed by atoms with E-state index in [1.165, 1.54) is 0 Å². The first kappa shape index (κ1) is 10.0. The lowest BCUT2D eigenvalue weighted by Gasteiger charge is -2.06.